The lowest BCUT2D eigenvalue weighted by molar-refractivity contribution is 0.578. The van der Waals surface area contributed by atoms with E-state index in [2.05, 4.69) is 26.9 Å². The third-order valence-corrected chi connectivity index (χ3v) is 2.67. The smallest absolute Gasteiger partial charge is 0.130 e. The second kappa shape index (κ2) is 4.88. The Morgan fingerprint density at radius 2 is 2.47 bits per heavy atom. The van der Waals surface area contributed by atoms with E-state index in [9.17, 15) is 0 Å². The molecule has 0 aliphatic carbocycles. The molecule has 15 heavy (non-hydrogen) atoms. The van der Waals surface area contributed by atoms with Crippen LogP contribution in [0.15, 0.2) is 18.5 Å². The first-order valence-corrected chi connectivity index (χ1v) is 5.69. The Morgan fingerprint density at radius 1 is 1.53 bits per heavy atom. The van der Waals surface area contributed by atoms with Crippen molar-refractivity contribution in [1.29, 1.82) is 0 Å². The Labute approximate surface area is 92.3 Å². The van der Waals surface area contributed by atoms with Gasteiger partial charge in [0.15, 0.2) is 0 Å². The molecule has 0 fully saturated rings. The fourth-order valence-corrected chi connectivity index (χ4v) is 1.76. The molecule has 80 valence electrons. The zero-order valence-corrected chi connectivity index (χ0v) is 9.37. The van der Waals surface area contributed by atoms with Gasteiger partial charge in [0.2, 0.25) is 0 Å². The van der Waals surface area contributed by atoms with Gasteiger partial charge in [0.1, 0.15) is 5.00 Å². The van der Waals surface area contributed by atoms with Gasteiger partial charge < -0.3 is 5.32 Å². The average Bonchev–Trinajstić information content (AvgIpc) is 2.85. The first kappa shape index (κ1) is 10.1. The van der Waals surface area contributed by atoms with E-state index in [4.69, 9.17) is 0 Å². The minimum absolute atomic E-state index is 0.768. The van der Waals surface area contributed by atoms with Crippen molar-refractivity contribution < 1.29 is 0 Å². The van der Waals surface area contributed by atoms with E-state index in [1.807, 2.05) is 16.9 Å². The summed E-state index contributed by atoms with van der Waals surface area (Å²) >= 11 is 1.36. The van der Waals surface area contributed by atoms with Gasteiger partial charge in [0.05, 0.1) is 18.4 Å². The lowest BCUT2D eigenvalue weighted by atomic mass is 10.4. The zero-order valence-electron chi connectivity index (χ0n) is 8.55. The van der Waals surface area contributed by atoms with Crippen LogP contribution in [0, 0.1) is 0 Å². The van der Waals surface area contributed by atoms with E-state index in [-0.39, 0.29) is 0 Å². The highest BCUT2D eigenvalue weighted by Crippen LogP contribution is 2.11. The predicted octanol–water partition coefficient (Wildman–Crippen LogP) is 1.76. The van der Waals surface area contributed by atoms with Gasteiger partial charge >= 0.3 is 0 Å². The van der Waals surface area contributed by atoms with E-state index in [1.54, 1.807) is 6.20 Å². The zero-order chi connectivity index (χ0) is 10.5. The van der Waals surface area contributed by atoms with Crippen LogP contribution in [0.3, 0.4) is 0 Å². The van der Waals surface area contributed by atoms with Crippen molar-refractivity contribution in [2.24, 2.45) is 0 Å². The van der Waals surface area contributed by atoms with E-state index in [0.29, 0.717) is 0 Å². The molecule has 0 amide bonds. The maximum Gasteiger partial charge on any atom is 0.130 e. The highest BCUT2D eigenvalue weighted by atomic mass is 32.1. The molecule has 2 heterocycles. The lowest BCUT2D eigenvalue weighted by Crippen LogP contribution is -2.08. The Kier molecular flexibility index (Phi) is 3.29. The summed E-state index contributed by atoms with van der Waals surface area (Å²) in [5, 5.41) is 12.3. The molecular weight excluding hydrogens is 210 g/mol. The minimum atomic E-state index is 0.768. The van der Waals surface area contributed by atoms with Gasteiger partial charge in [-0.3, -0.25) is 4.68 Å². The Hall–Kier alpha value is -1.43. The summed E-state index contributed by atoms with van der Waals surface area (Å²) in [6.45, 7) is 3.88. The maximum absolute atomic E-state index is 4.25. The molecule has 0 spiro atoms. The number of nitrogens with zero attached hydrogens (tertiary/aromatic N) is 4. The molecule has 2 aromatic rings. The Balaban J connectivity index is 1.95. The molecule has 0 aliphatic heterocycles. The van der Waals surface area contributed by atoms with Crippen LogP contribution in [-0.2, 0) is 13.1 Å². The monoisotopic (exact) mass is 223 g/mol. The van der Waals surface area contributed by atoms with E-state index in [1.165, 1.54) is 17.2 Å². The quantitative estimate of drug-likeness (QED) is 0.839. The SMILES string of the molecule is CCCn1nccc1CNc1cnns1. The van der Waals surface area contributed by atoms with Gasteiger partial charge in [-0.1, -0.05) is 11.4 Å². The molecule has 5 nitrogen and oxygen atoms in total. The molecule has 0 atom stereocenters. The predicted molar refractivity (Wildman–Crippen MR) is 59.8 cm³/mol. The van der Waals surface area contributed by atoms with Gasteiger partial charge in [0.25, 0.3) is 0 Å². The summed E-state index contributed by atoms with van der Waals surface area (Å²) in [4.78, 5) is 0. The molecule has 2 rings (SSSR count). The Morgan fingerprint density at radius 3 is 3.20 bits per heavy atom. The van der Waals surface area contributed by atoms with E-state index < -0.39 is 0 Å². The molecule has 0 aliphatic rings. The van der Waals surface area contributed by atoms with Crippen LogP contribution in [0.1, 0.15) is 19.0 Å². The number of rotatable bonds is 5. The molecule has 0 aromatic carbocycles. The topological polar surface area (TPSA) is 55.6 Å². The Bertz CT molecular complexity index is 394. The van der Waals surface area contributed by atoms with Crippen LogP contribution in [0.2, 0.25) is 0 Å². The average molecular weight is 223 g/mol. The number of nitrogens with one attached hydrogen (secondary N) is 1. The van der Waals surface area contributed by atoms with Gasteiger partial charge in [-0.25, -0.2) is 0 Å². The van der Waals surface area contributed by atoms with Crippen molar-refractivity contribution in [3.05, 3.63) is 24.2 Å². The number of hydrogen-bond acceptors (Lipinski definition) is 5. The molecule has 0 unspecified atom stereocenters. The van der Waals surface area contributed by atoms with Crippen LogP contribution in [0.25, 0.3) is 0 Å². The second-order valence-electron chi connectivity index (χ2n) is 3.18. The van der Waals surface area contributed by atoms with Crippen molar-refractivity contribution in [2.45, 2.75) is 26.4 Å². The van der Waals surface area contributed by atoms with Crippen molar-refractivity contribution in [2.75, 3.05) is 5.32 Å². The summed E-state index contributed by atoms with van der Waals surface area (Å²) in [5.41, 5.74) is 1.19. The third-order valence-electron chi connectivity index (χ3n) is 2.04. The fraction of sp³-hybridized carbons (Fsp3) is 0.444. The molecule has 1 N–H and O–H groups in total. The van der Waals surface area contributed by atoms with Crippen molar-refractivity contribution >= 4 is 16.5 Å². The number of aromatic nitrogens is 4. The van der Waals surface area contributed by atoms with Gasteiger partial charge in [0, 0.05) is 24.3 Å². The summed E-state index contributed by atoms with van der Waals surface area (Å²) in [5.74, 6) is 0. The first-order valence-electron chi connectivity index (χ1n) is 4.92. The largest absolute Gasteiger partial charge is 0.369 e. The minimum Gasteiger partial charge on any atom is -0.369 e. The standard InChI is InChI=1S/C9H13N5S/c1-2-5-14-8(3-4-12-14)6-10-9-7-11-13-15-9/h3-4,7,10H,2,5-6H2,1H3. The molecule has 0 radical (unpaired) electrons. The summed E-state index contributed by atoms with van der Waals surface area (Å²) < 4.78 is 5.80. The van der Waals surface area contributed by atoms with Crippen molar-refractivity contribution in [3.8, 4) is 0 Å². The lowest BCUT2D eigenvalue weighted by Gasteiger charge is -2.06. The normalized spacial score (nSPS) is 10.5. The van der Waals surface area contributed by atoms with Gasteiger partial charge in [-0.15, -0.1) is 5.10 Å². The van der Waals surface area contributed by atoms with E-state index >= 15 is 0 Å². The molecule has 0 saturated heterocycles. The third kappa shape index (κ3) is 2.53. The number of hydrogen-bond donors (Lipinski definition) is 1. The molecular formula is C9H13N5S. The van der Waals surface area contributed by atoms with Crippen molar-refractivity contribution in [1.82, 2.24) is 19.4 Å². The highest BCUT2D eigenvalue weighted by Gasteiger charge is 2.01. The fourth-order valence-electron chi connectivity index (χ4n) is 1.35. The van der Waals surface area contributed by atoms with E-state index in [0.717, 1.165) is 24.5 Å². The molecule has 0 saturated carbocycles. The van der Waals surface area contributed by atoms with Crippen LogP contribution >= 0.6 is 11.5 Å². The molecule has 2 aromatic heterocycles. The number of anilines is 1. The van der Waals surface area contributed by atoms with Crippen LogP contribution in [0.5, 0.6) is 0 Å². The van der Waals surface area contributed by atoms with Gasteiger partial charge in [-0.2, -0.15) is 5.10 Å². The highest BCUT2D eigenvalue weighted by molar-refractivity contribution is 7.09. The number of aryl methyl sites for hydroxylation is 1. The summed E-state index contributed by atoms with van der Waals surface area (Å²) in [7, 11) is 0. The van der Waals surface area contributed by atoms with Crippen LogP contribution in [0.4, 0.5) is 5.00 Å². The van der Waals surface area contributed by atoms with Gasteiger partial charge in [-0.05, 0) is 12.5 Å². The second-order valence-corrected chi connectivity index (χ2v) is 3.97. The van der Waals surface area contributed by atoms with Crippen LogP contribution < -0.4 is 5.32 Å². The molecule has 0 bridgehead atoms. The maximum atomic E-state index is 4.25. The van der Waals surface area contributed by atoms with Crippen LogP contribution in [-0.4, -0.2) is 19.4 Å². The summed E-state index contributed by atoms with van der Waals surface area (Å²) in [6.07, 6.45) is 4.65. The molecule has 6 heteroatoms. The van der Waals surface area contributed by atoms with Crippen molar-refractivity contribution in [3.63, 3.8) is 0 Å². The summed E-state index contributed by atoms with van der Waals surface area (Å²) in [6, 6.07) is 2.02. The first-order chi connectivity index (χ1) is 7.40.